The first-order valence-corrected chi connectivity index (χ1v) is 3.08. The summed E-state index contributed by atoms with van der Waals surface area (Å²) in [5.41, 5.74) is 0.863. The maximum absolute atomic E-state index is 12.6. The van der Waals surface area contributed by atoms with Gasteiger partial charge in [0, 0.05) is 36.9 Å². The van der Waals surface area contributed by atoms with Crippen LogP contribution in [0.5, 0.6) is 0 Å². The van der Waals surface area contributed by atoms with Crippen molar-refractivity contribution in [2.75, 3.05) is 0 Å². The molecular weight excluding hydrogens is 365 g/mol. The molecule has 0 atom stereocenters. The molecule has 0 nitrogen and oxygen atoms in total. The first-order chi connectivity index (χ1) is 4.83. The zero-order chi connectivity index (χ0) is 7.40. The van der Waals surface area contributed by atoms with Crippen molar-refractivity contribution in [3.05, 3.63) is 48.4 Å². The minimum Gasteiger partial charge on any atom is -0.227 e. The molecule has 0 fully saturated rings. The van der Waals surface area contributed by atoms with Crippen LogP contribution >= 0.6 is 0 Å². The Morgan fingerprint density at radius 3 is 3.00 bits per heavy atom. The van der Waals surface area contributed by atoms with E-state index >= 15 is 0 Å². The van der Waals surface area contributed by atoms with E-state index in [2.05, 4.69) is 12.7 Å². The molecule has 0 heterocycles. The van der Waals surface area contributed by atoms with Gasteiger partial charge in [0.25, 0.3) is 0 Å². The van der Waals surface area contributed by atoms with Gasteiger partial charge in [-0.25, -0.2) is 4.39 Å². The second-order valence-electron chi connectivity index (χ2n) is 2.05. The van der Waals surface area contributed by atoms with Crippen LogP contribution in [0.15, 0.2) is 42.3 Å². The van der Waals surface area contributed by atoms with Crippen molar-refractivity contribution in [1.29, 1.82) is 0 Å². The number of allylic oxidation sites excluding steroid dienone is 7. The third-order valence-electron chi connectivity index (χ3n) is 1.26. The van der Waals surface area contributed by atoms with E-state index in [1.807, 2.05) is 0 Å². The van der Waals surface area contributed by atoms with Gasteiger partial charge in [-0.05, 0) is 6.42 Å². The third-order valence-corrected chi connectivity index (χ3v) is 1.26. The van der Waals surface area contributed by atoms with E-state index in [4.69, 9.17) is 0 Å². The third kappa shape index (κ3) is 3.74. The Labute approximate surface area is 89.9 Å². The summed E-state index contributed by atoms with van der Waals surface area (Å²) in [5, 5.41) is 0. The van der Waals surface area contributed by atoms with Crippen LogP contribution in [0, 0.1) is 37.2 Å². The molecule has 0 aromatic rings. The van der Waals surface area contributed by atoms with Crippen molar-refractivity contribution < 1.29 is 35.5 Å². The molecule has 1 aliphatic rings. The summed E-state index contributed by atoms with van der Waals surface area (Å²) < 4.78 is 12.6. The summed E-state index contributed by atoms with van der Waals surface area (Å²) in [6.45, 7) is 3.54. The molecule has 0 radical (unpaired) electrons. The quantitative estimate of drug-likeness (QED) is 0.621. The molecule has 11 heavy (non-hydrogen) atoms. The van der Waals surface area contributed by atoms with Crippen LogP contribution in [0.25, 0.3) is 0 Å². The molecule has 0 saturated heterocycles. The fourth-order valence-corrected chi connectivity index (χ4v) is 0.730. The number of halogens is 1. The largest absolute Gasteiger partial charge is 0.227 e. The van der Waals surface area contributed by atoms with E-state index in [0.29, 0.717) is 6.42 Å². The van der Waals surface area contributed by atoms with Crippen LogP contribution in [-0.2, 0) is 0 Å². The number of hydrogen-bond donors (Lipinski definition) is 0. The van der Waals surface area contributed by atoms with Crippen molar-refractivity contribution in [2.45, 2.75) is 6.42 Å². The molecule has 56 valence electrons. The molecule has 1 rings (SSSR count). The maximum Gasteiger partial charge on any atom is 0.0395 e. The molecule has 1 aliphatic carbocycles. The Bertz CT molecular complexity index is 224. The summed E-state index contributed by atoms with van der Waals surface area (Å²) >= 11 is 0. The Morgan fingerprint density at radius 1 is 1.64 bits per heavy atom. The van der Waals surface area contributed by atoms with E-state index in [1.54, 1.807) is 18.2 Å². The zero-order valence-corrected chi connectivity index (χ0v) is 10.3. The average molecular weight is 373 g/mol. The molecule has 0 spiro atoms. The second-order valence-corrected chi connectivity index (χ2v) is 2.05. The van der Waals surface area contributed by atoms with Crippen LogP contribution in [0.3, 0.4) is 0 Å². The van der Waals surface area contributed by atoms with Gasteiger partial charge in [0.05, 0.1) is 0 Å². The van der Waals surface area contributed by atoms with Crippen LogP contribution in [0.2, 0.25) is 0 Å². The Kier molecular flexibility index (Phi) is 5.54. The Morgan fingerprint density at radius 2 is 2.36 bits per heavy atom. The monoisotopic (exact) mass is 373 g/mol. The fraction of sp³-hybridized carbons (Fsp3) is 0.111. The molecule has 0 amide bonds. The predicted octanol–water partition coefficient (Wildman–Crippen LogP) is 2.72. The Hall–Kier alpha value is -0.0581. The van der Waals surface area contributed by atoms with E-state index < -0.39 is 0 Å². The standard InChI is InChI=1S/C9H8F.U/c1-2-8-5-3-4-6-9(10)7-8;/h2,4-6H,1,7H2;/q-1;. The summed E-state index contributed by atoms with van der Waals surface area (Å²) in [4.78, 5) is 0. The molecule has 0 aromatic carbocycles. The molecule has 0 saturated carbocycles. The van der Waals surface area contributed by atoms with Gasteiger partial charge >= 0.3 is 0 Å². The van der Waals surface area contributed by atoms with E-state index in [0.717, 1.165) is 5.57 Å². The summed E-state index contributed by atoms with van der Waals surface area (Å²) in [7, 11) is 0. The van der Waals surface area contributed by atoms with Gasteiger partial charge in [0.15, 0.2) is 0 Å². The number of hydrogen-bond acceptors (Lipinski definition) is 0. The van der Waals surface area contributed by atoms with E-state index in [-0.39, 0.29) is 36.9 Å². The van der Waals surface area contributed by atoms with Gasteiger partial charge in [-0.1, -0.05) is 0 Å². The fourth-order valence-electron chi connectivity index (χ4n) is 0.730. The van der Waals surface area contributed by atoms with Gasteiger partial charge in [0.2, 0.25) is 0 Å². The minimum atomic E-state index is -0.142. The van der Waals surface area contributed by atoms with Gasteiger partial charge in [-0.15, -0.1) is 24.3 Å². The summed E-state index contributed by atoms with van der Waals surface area (Å²) in [6.07, 6.45) is 9.49. The molecule has 0 aromatic heterocycles. The normalized spacial score (nSPS) is 15.7. The molecule has 2 heteroatoms. The first-order valence-electron chi connectivity index (χ1n) is 3.08. The van der Waals surface area contributed by atoms with E-state index in [9.17, 15) is 4.39 Å². The predicted molar refractivity (Wildman–Crippen MR) is 39.9 cm³/mol. The SMILES string of the molecule is C=CC1=C[C-]=CC=C(F)C1.[U]. The smallest absolute Gasteiger partial charge is 0.0395 e. The zero-order valence-electron chi connectivity index (χ0n) is 6.10. The number of rotatable bonds is 1. The van der Waals surface area contributed by atoms with Crippen molar-refractivity contribution in [3.8, 4) is 0 Å². The van der Waals surface area contributed by atoms with Crippen molar-refractivity contribution in [2.24, 2.45) is 0 Å². The molecular formula is C9H8FU-. The molecule has 0 unspecified atom stereocenters. The molecule has 0 bridgehead atoms. The Balaban J connectivity index is 0.000001000. The van der Waals surface area contributed by atoms with Crippen LogP contribution in [0.4, 0.5) is 4.39 Å². The second kappa shape index (κ2) is 5.57. The van der Waals surface area contributed by atoms with Crippen molar-refractivity contribution >= 4 is 0 Å². The first kappa shape index (κ1) is 10.9. The average Bonchev–Trinajstić information content (AvgIpc) is 2.13. The molecule has 0 aliphatic heterocycles. The molecule has 0 N–H and O–H groups in total. The van der Waals surface area contributed by atoms with Crippen molar-refractivity contribution in [3.63, 3.8) is 0 Å². The van der Waals surface area contributed by atoms with Crippen LogP contribution in [0.1, 0.15) is 6.42 Å². The maximum atomic E-state index is 12.6. The van der Waals surface area contributed by atoms with Crippen LogP contribution in [-0.4, -0.2) is 0 Å². The van der Waals surface area contributed by atoms with E-state index in [1.165, 1.54) is 6.08 Å². The van der Waals surface area contributed by atoms with Gasteiger partial charge in [0.1, 0.15) is 0 Å². The van der Waals surface area contributed by atoms with Gasteiger partial charge in [-0.3, -0.25) is 0 Å². The van der Waals surface area contributed by atoms with Gasteiger partial charge < -0.3 is 0 Å². The van der Waals surface area contributed by atoms with Crippen molar-refractivity contribution in [1.82, 2.24) is 0 Å². The summed E-state index contributed by atoms with van der Waals surface area (Å²) in [6, 6.07) is 0. The summed E-state index contributed by atoms with van der Waals surface area (Å²) in [5.74, 6) is -0.142. The minimum absolute atomic E-state index is 0. The van der Waals surface area contributed by atoms with Gasteiger partial charge in [-0.2, -0.15) is 18.2 Å². The topological polar surface area (TPSA) is 0 Å². The van der Waals surface area contributed by atoms with Crippen LogP contribution < -0.4 is 0 Å².